The van der Waals surface area contributed by atoms with Gasteiger partial charge in [-0.1, -0.05) is 32.1 Å². The van der Waals surface area contributed by atoms with Crippen LogP contribution >= 0.6 is 0 Å². The molecule has 1 heterocycles. The lowest BCUT2D eigenvalue weighted by atomic mass is 9.85. The molecule has 1 fully saturated rings. The summed E-state index contributed by atoms with van der Waals surface area (Å²) in [5.41, 5.74) is 4.06. The Morgan fingerprint density at radius 3 is 2.47 bits per heavy atom. The van der Waals surface area contributed by atoms with Crippen LogP contribution in [0.2, 0.25) is 0 Å². The van der Waals surface area contributed by atoms with Gasteiger partial charge in [-0.05, 0) is 24.8 Å². The highest BCUT2D eigenvalue weighted by Gasteiger charge is 2.24. The maximum absolute atomic E-state index is 5.74. The molecule has 0 aromatic carbocycles. The van der Waals surface area contributed by atoms with Gasteiger partial charge in [0, 0.05) is 13.2 Å². The summed E-state index contributed by atoms with van der Waals surface area (Å²) in [5, 5.41) is 4.49. The highest BCUT2D eigenvalue weighted by atomic mass is 15.3. The summed E-state index contributed by atoms with van der Waals surface area (Å²) in [5.74, 6) is 6.37. The van der Waals surface area contributed by atoms with Gasteiger partial charge in [0.1, 0.15) is 0 Å². The molecule has 96 valence electrons. The zero-order valence-electron chi connectivity index (χ0n) is 10.7. The SMILES string of the molecule is Cn1ccc(C(NN)C2CCCCCCC2)n1. The molecular weight excluding hydrogens is 212 g/mol. The minimum absolute atomic E-state index is 0.217. The van der Waals surface area contributed by atoms with Gasteiger partial charge in [-0.15, -0.1) is 0 Å². The van der Waals surface area contributed by atoms with E-state index < -0.39 is 0 Å². The Bertz CT molecular complexity index is 326. The zero-order chi connectivity index (χ0) is 12.1. The summed E-state index contributed by atoms with van der Waals surface area (Å²) in [6, 6.07) is 2.29. The first-order chi connectivity index (χ1) is 8.31. The predicted molar refractivity (Wildman–Crippen MR) is 69.1 cm³/mol. The summed E-state index contributed by atoms with van der Waals surface area (Å²) in [6.45, 7) is 0. The van der Waals surface area contributed by atoms with Gasteiger partial charge in [-0.25, -0.2) is 0 Å². The van der Waals surface area contributed by atoms with Crippen LogP contribution < -0.4 is 11.3 Å². The molecule has 1 aromatic rings. The number of nitrogens with one attached hydrogen (secondary N) is 1. The summed E-state index contributed by atoms with van der Waals surface area (Å²) in [4.78, 5) is 0. The van der Waals surface area contributed by atoms with Crippen LogP contribution in [0, 0.1) is 5.92 Å². The van der Waals surface area contributed by atoms with Crippen molar-refractivity contribution in [1.82, 2.24) is 15.2 Å². The second-order valence-corrected chi connectivity index (χ2v) is 5.16. The molecule has 0 bridgehead atoms. The smallest absolute Gasteiger partial charge is 0.0810 e. The van der Waals surface area contributed by atoms with Gasteiger partial charge in [-0.3, -0.25) is 16.0 Å². The molecule has 4 nitrogen and oxygen atoms in total. The van der Waals surface area contributed by atoms with Crippen molar-refractivity contribution >= 4 is 0 Å². The van der Waals surface area contributed by atoms with E-state index in [9.17, 15) is 0 Å². The van der Waals surface area contributed by atoms with Crippen molar-refractivity contribution in [3.05, 3.63) is 18.0 Å². The minimum atomic E-state index is 0.217. The van der Waals surface area contributed by atoms with Crippen molar-refractivity contribution in [3.8, 4) is 0 Å². The maximum Gasteiger partial charge on any atom is 0.0810 e. The van der Waals surface area contributed by atoms with E-state index in [2.05, 4.69) is 16.6 Å². The van der Waals surface area contributed by atoms with Crippen molar-refractivity contribution in [3.63, 3.8) is 0 Å². The third-order valence-electron chi connectivity index (χ3n) is 3.85. The van der Waals surface area contributed by atoms with Crippen LogP contribution in [-0.2, 0) is 7.05 Å². The number of aryl methyl sites for hydroxylation is 1. The van der Waals surface area contributed by atoms with Crippen LogP contribution in [0.25, 0.3) is 0 Å². The number of rotatable bonds is 3. The van der Waals surface area contributed by atoms with Crippen molar-refractivity contribution in [2.75, 3.05) is 0 Å². The van der Waals surface area contributed by atoms with Gasteiger partial charge < -0.3 is 0 Å². The number of aromatic nitrogens is 2. The van der Waals surface area contributed by atoms with E-state index in [1.165, 1.54) is 44.9 Å². The highest BCUT2D eigenvalue weighted by molar-refractivity contribution is 5.06. The normalized spacial score (nSPS) is 20.8. The van der Waals surface area contributed by atoms with Gasteiger partial charge >= 0.3 is 0 Å². The Labute approximate surface area is 104 Å². The number of hydrogen-bond donors (Lipinski definition) is 2. The largest absolute Gasteiger partial charge is 0.275 e. The van der Waals surface area contributed by atoms with Crippen LogP contribution in [0.4, 0.5) is 0 Å². The van der Waals surface area contributed by atoms with Crippen molar-refractivity contribution < 1.29 is 0 Å². The Morgan fingerprint density at radius 1 is 1.29 bits per heavy atom. The number of nitrogens with two attached hydrogens (primary N) is 1. The lowest BCUT2D eigenvalue weighted by Gasteiger charge is -2.27. The molecule has 1 aromatic heterocycles. The average Bonchev–Trinajstić information content (AvgIpc) is 2.68. The first kappa shape index (κ1) is 12.6. The molecule has 1 saturated carbocycles. The van der Waals surface area contributed by atoms with E-state index in [1.54, 1.807) is 0 Å². The van der Waals surface area contributed by atoms with E-state index in [0.29, 0.717) is 5.92 Å². The number of hydrazine groups is 1. The van der Waals surface area contributed by atoms with Crippen molar-refractivity contribution in [1.29, 1.82) is 0 Å². The van der Waals surface area contributed by atoms with Crippen LogP contribution in [-0.4, -0.2) is 9.78 Å². The third kappa shape index (κ3) is 3.30. The topological polar surface area (TPSA) is 55.9 Å². The van der Waals surface area contributed by atoms with Crippen molar-refractivity contribution in [2.24, 2.45) is 18.8 Å². The predicted octanol–water partition coefficient (Wildman–Crippen LogP) is 2.29. The second-order valence-electron chi connectivity index (χ2n) is 5.16. The first-order valence-electron chi connectivity index (χ1n) is 6.77. The van der Waals surface area contributed by atoms with E-state index in [1.807, 2.05) is 17.9 Å². The molecule has 0 spiro atoms. The van der Waals surface area contributed by atoms with Gasteiger partial charge in [0.05, 0.1) is 11.7 Å². The van der Waals surface area contributed by atoms with Crippen LogP contribution in [0.1, 0.15) is 56.7 Å². The quantitative estimate of drug-likeness (QED) is 0.625. The minimum Gasteiger partial charge on any atom is -0.275 e. The fourth-order valence-corrected chi connectivity index (χ4v) is 2.88. The molecule has 1 aliphatic rings. The molecule has 3 N–H and O–H groups in total. The Hall–Kier alpha value is -0.870. The van der Waals surface area contributed by atoms with Gasteiger partial charge in [0.25, 0.3) is 0 Å². The van der Waals surface area contributed by atoms with Gasteiger partial charge in [0.15, 0.2) is 0 Å². The number of nitrogens with zero attached hydrogens (tertiary/aromatic N) is 2. The fraction of sp³-hybridized carbons (Fsp3) is 0.769. The monoisotopic (exact) mass is 236 g/mol. The molecule has 0 radical (unpaired) electrons. The zero-order valence-corrected chi connectivity index (χ0v) is 10.7. The van der Waals surface area contributed by atoms with Crippen LogP contribution in [0.3, 0.4) is 0 Å². The average molecular weight is 236 g/mol. The number of hydrogen-bond acceptors (Lipinski definition) is 3. The van der Waals surface area contributed by atoms with Gasteiger partial charge in [-0.2, -0.15) is 5.10 Å². The Balaban J connectivity index is 2.05. The van der Waals surface area contributed by atoms with E-state index in [-0.39, 0.29) is 6.04 Å². The lowest BCUT2D eigenvalue weighted by molar-refractivity contribution is 0.285. The second kappa shape index (κ2) is 6.17. The Morgan fingerprint density at radius 2 is 1.94 bits per heavy atom. The molecule has 17 heavy (non-hydrogen) atoms. The summed E-state index contributed by atoms with van der Waals surface area (Å²) < 4.78 is 1.85. The molecule has 4 heteroatoms. The standard InChI is InChI=1S/C13H24N4/c1-17-10-9-12(16-17)13(15-14)11-7-5-3-2-4-6-8-11/h9-11,13,15H,2-8,14H2,1H3. The van der Waals surface area contributed by atoms with Crippen molar-refractivity contribution in [2.45, 2.75) is 51.0 Å². The Kier molecular flexibility index (Phi) is 4.57. The van der Waals surface area contributed by atoms with E-state index in [0.717, 1.165) is 5.69 Å². The van der Waals surface area contributed by atoms with E-state index in [4.69, 9.17) is 5.84 Å². The summed E-state index contributed by atoms with van der Waals surface area (Å²) in [7, 11) is 1.95. The molecule has 2 rings (SSSR count). The molecule has 0 amide bonds. The summed E-state index contributed by atoms with van der Waals surface area (Å²) in [6.07, 6.45) is 11.3. The summed E-state index contributed by atoms with van der Waals surface area (Å²) >= 11 is 0. The molecular formula is C13H24N4. The maximum atomic E-state index is 5.74. The van der Waals surface area contributed by atoms with Crippen LogP contribution in [0.5, 0.6) is 0 Å². The fourth-order valence-electron chi connectivity index (χ4n) is 2.88. The molecule has 1 aliphatic carbocycles. The first-order valence-corrected chi connectivity index (χ1v) is 6.77. The van der Waals surface area contributed by atoms with Gasteiger partial charge in [0.2, 0.25) is 0 Å². The van der Waals surface area contributed by atoms with Crippen LogP contribution in [0.15, 0.2) is 12.3 Å². The molecule has 1 unspecified atom stereocenters. The van der Waals surface area contributed by atoms with E-state index >= 15 is 0 Å². The highest BCUT2D eigenvalue weighted by Crippen LogP contribution is 2.31. The molecule has 0 aliphatic heterocycles. The third-order valence-corrected chi connectivity index (χ3v) is 3.85. The molecule has 0 saturated heterocycles. The molecule has 1 atom stereocenters. The lowest BCUT2D eigenvalue weighted by Crippen LogP contribution is -2.34.